The second kappa shape index (κ2) is 11.7. The molecule has 0 aliphatic carbocycles. The molecule has 0 aliphatic heterocycles. The third kappa shape index (κ3) is 6.84. The van der Waals surface area contributed by atoms with Crippen LogP contribution in [-0.2, 0) is 20.7 Å². The molecule has 0 heterocycles. The van der Waals surface area contributed by atoms with Crippen LogP contribution in [0.5, 0.6) is 0 Å². The highest BCUT2D eigenvalue weighted by molar-refractivity contribution is 5.78. The van der Waals surface area contributed by atoms with Gasteiger partial charge in [-0.25, -0.2) is 4.79 Å². The van der Waals surface area contributed by atoms with Crippen molar-refractivity contribution in [2.24, 2.45) is 0 Å². The third-order valence-corrected chi connectivity index (χ3v) is 5.43. The van der Waals surface area contributed by atoms with Gasteiger partial charge in [0.05, 0.1) is 19.2 Å². The molecule has 0 fully saturated rings. The molecule has 3 aromatic rings. The van der Waals surface area contributed by atoms with E-state index in [0.29, 0.717) is 17.0 Å². The van der Waals surface area contributed by atoms with Gasteiger partial charge in [-0.2, -0.15) is 0 Å². The molecular formula is C29H29NO5. The van der Waals surface area contributed by atoms with E-state index in [1.54, 1.807) is 6.92 Å². The molecular weight excluding hydrogens is 442 g/mol. The van der Waals surface area contributed by atoms with Crippen LogP contribution in [0, 0.1) is 0 Å². The van der Waals surface area contributed by atoms with Gasteiger partial charge in [-0.15, -0.1) is 0 Å². The molecule has 0 aromatic heterocycles. The summed E-state index contributed by atoms with van der Waals surface area (Å²) in [4.78, 5) is 23.5. The molecule has 0 radical (unpaired) electrons. The third-order valence-electron chi connectivity index (χ3n) is 5.43. The first kappa shape index (κ1) is 25.3. The maximum atomic E-state index is 12.6. The van der Waals surface area contributed by atoms with Gasteiger partial charge in [-0.3, -0.25) is 10.1 Å². The van der Waals surface area contributed by atoms with E-state index in [2.05, 4.69) is 11.9 Å². The van der Waals surface area contributed by atoms with Crippen molar-refractivity contribution in [1.82, 2.24) is 5.32 Å². The van der Waals surface area contributed by atoms with Gasteiger partial charge >= 0.3 is 12.1 Å². The topological polar surface area (TPSA) is 84.9 Å². The van der Waals surface area contributed by atoms with Gasteiger partial charge in [-0.05, 0) is 41.7 Å². The second-order valence-electron chi connectivity index (χ2n) is 8.12. The lowest BCUT2D eigenvalue weighted by molar-refractivity contribution is -0.136. The molecule has 35 heavy (non-hydrogen) atoms. The van der Waals surface area contributed by atoms with E-state index in [0.717, 1.165) is 27.8 Å². The zero-order valence-electron chi connectivity index (χ0n) is 20.1. The van der Waals surface area contributed by atoms with Crippen LogP contribution in [0.2, 0.25) is 0 Å². The van der Waals surface area contributed by atoms with Gasteiger partial charge < -0.3 is 14.6 Å². The summed E-state index contributed by atoms with van der Waals surface area (Å²) in [5.74, 6) is -0.397. The predicted octanol–water partition coefficient (Wildman–Crippen LogP) is 6.36. The second-order valence-corrected chi connectivity index (χ2v) is 8.12. The average molecular weight is 472 g/mol. The van der Waals surface area contributed by atoms with Gasteiger partial charge in [0.2, 0.25) is 0 Å². The fraction of sp³-hybridized carbons (Fsp3) is 0.172. The molecule has 3 rings (SSSR count). The number of carboxylic acids is 1. The minimum absolute atomic E-state index is 0.00947. The Morgan fingerprint density at radius 2 is 1.51 bits per heavy atom. The summed E-state index contributed by atoms with van der Waals surface area (Å²) in [5.41, 5.74) is 5.37. The largest absolute Gasteiger partial charge is 0.494 e. The number of carbonyl (C=O) groups excluding carboxylic acids is 1. The summed E-state index contributed by atoms with van der Waals surface area (Å²) < 4.78 is 11.2. The molecule has 6 nitrogen and oxygen atoms in total. The van der Waals surface area contributed by atoms with Crippen LogP contribution < -0.4 is 5.32 Å². The number of hydrogen-bond acceptors (Lipinski definition) is 4. The number of methoxy groups -OCH3 is 1. The van der Waals surface area contributed by atoms with Gasteiger partial charge in [-0.1, -0.05) is 85.4 Å². The van der Waals surface area contributed by atoms with Crippen molar-refractivity contribution in [2.75, 3.05) is 7.11 Å². The zero-order valence-corrected chi connectivity index (χ0v) is 20.1. The normalized spacial score (nSPS) is 12.2. The SMILES string of the molecule is C=C(C)/C(NC(=O)OC(C)c1ccccc1)=C(\OC)c1ccc(-c2ccc(CC(=O)O)cc2)cc1. The summed E-state index contributed by atoms with van der Waals surface area (Å²) >= 11 is 0. The van der Waals surface area contributed by atoms with Crippen LogP contribution in [0.3, 0.4) is 0 Å². The van der Waals surface area contributed by atoms with Crippen molar-refractivity contribution in [2.45, 2.75) is 26.4 Å². The highest BCUT2D eigenvalue weighted by atomic mass is 16.6. The number of ether oxygens (including phenoxy) is 2. The van der Waals surface area contributed by atoms with E-state index in [-0.39, 0.29) is 6.42 Å². The first-order chi connectivity index (χ1) is 16.8. The number of carbonyl (C=O) groups is 2. The molecule has 0 bridgehead atoms. The smallest absolute Gasteiger partial charge is 0.412 e. The first-order valence-corrected chi connectivity index (χ1v) is 11.2. The monoisotopic (exact) mass is 471 g/mol. The Bertz CT molecular complexity index is 1210. The van der Waals surface area contributed by atoms with Crippen LogP contribution >= 0.6 is 0 Å². The van der Waals surface area contributed by atoms with Crippen LogP contribution in [0.1, 0.15) is 36.6 Å². The van der Waals surface area contributed by atoms with Gasteiger partial charge in [0, 0.05) is 5.56 Å². The van der Waals surface area contributed by atoms with E-state index in [1.807, 2.05) is 85.8 Å². The number of amides is 1. The summed E-state index contributed by atoms with van der Waals surface area (Å²) in [6.45, 7) is 7.57. The van der Waals surface area contributed by atoms with Crippen LogP contribution in [-0.4, -0.2) is 24.3 Å². The number of rotatable bonds is 9. The lowest BCUT2D eigenvalue weighted by Crippen LogP contribution is -2.26. The maximum Gasteiger partial charge on any atom is 0.412 e. The van der Waals surface area contributed by atoms with E-state index < -0.39 is 18.2 Å². The van der Waals surface area contributed by atoms with E-state index in [9.17, 15) is 9.59 Å². The molecule has 3 aromatic carbocycles. The van der Waals surface area contributed by atoms with Gasteiger partial charge in [0.1, 0.15) is 11.9 Å². The average Bonchev–Trinajstić information content (AvgIpc) is 2.85. The molecule has 1 amide bonds. The van der Waals surface area contributed by atoms with Gasteiger partial charge in [0.15, 0.2) is 0 Å². The maximum absolute atomic E-state index is 12.6. The standard InChI is InChI=1S/C29H29NO5/c1-19(2)27(30-29(33)35-20(3)22-8-6-5-7-9-22)28(34-4)25-16-14-24(15-17-25)23-12-10-21(11-13-23)18-26(31)32/h5-17,20H,1,18H2,2-4H3,(H,30,33)(H,31,32)/b28-27+. The number of aliphatic carboxylic acids is 1. The Morgan fingerprint density at radius 1 is 0.943 bits per heavy atom. The predicted molar refractivity (Wildman–Crippen MR) is 136 cm³/mol. The fourth-order valence-electron chi connectivity index (χ4n) is 3.61. The molecule has 0 spiro atoms. The number of allylic oxidation sites excluding steroid dienone is 1. The van der Waals surface area contributed by atoms with Crippen LogP contribution in [0.4, 0.5) is 4.79 Å². The summed E-state index contributed by atoms with van der Waals surface area (Å²) in [7, 11) is 1.53. The van der Waals surface area contributed by atoms with Crippen molar-refractivity contribution >= 4 is 17.8 Å². The minimum atomic E-state index is -0.860. The van der Waals surface area contributed by atoms with Crippen LogP contribution in [0.15, 0.2) is 96.7 Å². The number of nitrogens with one attached hydrogen (secondary N) is 1. The number of hydrogen-bond donors (Lipinski definition) is 2. The number of carboxylic acid groups (broad SMARTS) is 1. The molecule has 0 saturated heterocycles. The Balaban J connectivity index is 1.79. The summed E-state index contributed by atoms with van der Waals surface area (Å²) in [6.07, 6.45) is -1.04. The minimum Gasteiger partial charge on any atom is -0.494 e. The molecule has 2 N–H and O–H groups in total. The van der Waals surface area contributed by atoms with Crippen molar-refractivity contribution in [1.29, 1.82) is 0 Å². The lowest BCUT2D eigenvalue weighted by Gasteiger charge is -2.18. The first-order valence-electron chi connectivity index (χ1n) is 11.2. The Hall–Kier alpha value is -4.32. The summed E-state index contributed by atoms with van der Waals surface area (Å²) in [6, 6.07) is 24.5. The number of benzene rings is 3. The summed E-state index contributed by atoms with van der Waals surface area (Å²) in [5, 5.41) is 11.7. The van der Waals surface area contributed by atoms with Crippen molar-refractivity contribution in [3.05, 3.63) is 113 Å². The van der Waals surface area contributed by atoms with Crippen molar-refractivity contribution in [3.8, 4) is 11.1 Å². The lowest BCUT2D eigenvalue weighted by atomic mass is 10.0. The Kier molecular flexibility index (Phi) is 8.46. The van der Waals surface area contributed by atoms with E-state index in [1.165, 1.54) is 7.11 Å². The highest BCUT2D eigenvalue weighted by Gasteiger charge is 2.18. The Morgan fingerprint density at radius 3 is 2.03 bits per heavy atom. The Labute approximate surface area is 205 Å². The number of alkyl carbamates (subject to hydrolysis) is 1. The van der Waals surface area contributed by atoms with Crippen molar-refractivity contribution < 1.29 is 24.2 Å². The zero-order chi connectivity index (χ0) is 25.4. The quantitative estimate of drug-likeness (QED) is 0.280. The fourth-order valence-corrected chi connectivity index (χ4v) is 3.61. The molecule has 0 aliphatic rings. The van der Waals surface area contributed by atoms with Crippen LogP contribution in [0.25, 0.3) is 16.9 Å². The molecule has 1 unspecified atom stereocenters. The molecule has 0 saturated carbocycles. The molecule has 180 valence electrons. The van der Waals surface area contributed by atoms with Crippen molar-refractivity contribution in [3.63, 3.8) is 0 Å². The van der Waals surface area contributed by atoms with Gasteiger partial charge in [0.25, 0.3) is 0 Å². The molecule has 6 heteroatoms. The molecule has 1 atom stereocenters. The highest BCUT2D eigenvalue weighted by Crippen LogP contribution is 2.27. The van der Waals surface area contributed by atoms with E-state index in [4.69, 9.17) is 14.6 Å². The van der Waals surface area contributed by atoms with E-state index >= 15 is 0 Å².